The molecule has 1 aliphatic heterocycles. The van der Waals surface area contributed by atoms with Crippen molar-refractivity contribution < 1.29 is 19.5 Å². The first-order valence-electron chi connectivity index (χ1n) is 6.32. The fraction of sp³-hybridized carbons (Fsp3) is 0.308. The van der Waals surface area contributed by atoms with Crippen LogP contribution in [-0.2, 0) is 11.2 Å². The van der Waals surface area contributed by atoms with Crippen LogP contribution in [0.2, 0.25) is 0 Å². The number of urea groups is 2. The number of carbonyl (C=O) groups is 3. The van der Waals surface area contributed by atoms with Gasteiger partial charge in [-0.15, -0.1) is 0 Å². The molecule has 1 atom stereocenters. The fourth-order valence-electron chi connectivity index (χ4n) is 2.17. The van der Waals surface area contributed by atoms with Gasteiger partial charge in [0.15, 0.2) is 0 Å². The van der Waals surface area contributed by atoms with Gasteiger partial charge in [0.2, 0.25) is 0 Å². The van der Waals surface area contributed by atoms with Crippen LogP contribution in [0.5, 0.6) is 5.75 Å². The molecule has 21 heavy (non-hydrogen) atoms. The number of aromatic hydroxyl groups is 1. The average molecular weight is 292 g/mol. The maximum absolute atomic E-state index is 12.2. The van der Waals surface area contributed by atoms with Crippen LogP contribution in [0.15, 0.2) is 24.3 Å². The van der Waals surface area contributed by atoms with Crippen molar-refractivity contribution in [2.24, 2.45) is 5.73 Å². The van der Waals surface area contributed by atoms with E-state index in [9.17, 15) is 19.5 Å². The van der Waals surface area contributed by atoms with Gasteiger partial charge in [0.05, 0.1) is 0 Å². The largest absolute Gasteiger partial charge is 0.508 e. The Balaban J connectivity index is 2.07. The van der Waals surface area contributed by atoms with E-state index < -0.39 is 23.5 Å². The molecule has 1 heterocycles. The van der Waals surface area contributed by atoms with Crippen LogP contribution in [0.3, 0.4) is 0 Å². The number of amides is 5. The van der Waals surface area contributed by atoms with Crippen molar-refractivity contribution in [2.75, 3.05) is 0 Å². The lowest BCUT2D eigenvalue weighted by molar-refractivity contribution is -0.132. The molecule has 1 aromatic carbocycles. The zero-order valence-corrected chi connectivity index (χ0v) is 11.4. The van der Waals surface area contributed by atoms with E-state index in [1.165, 1.54) is 0 Å². The summed E-state index contributed by atoms with van der Waals surface area (Å²) in [6, 6.07) is 4.93. The Morgan fingerprint density at radius 2 is 2.19 bits per heavy atom. The lowest BCUT2D eigenvalue weighted by Gasteiger charge is -2.21. The van der Waals surface area contributed by atoms with Crippen molar-refractivity contribution in [1.29, 1.82) is 0 Å². The Morgan fingerprint density at radius 3 is 2.81 bits per heavy atom. The zero-order chi connectivity index (χ0) is 15.6. The zero-order valence-electron chi connectivity index (χ0n) is 11.4. The van der Waals surface area contributed by atoms with Crippen molar-refractivity contribution in [1.82, 2.24) is 15.8 Å². The van der Waals surface area contributed by atoms with Crippen LogP contribution in [0.1, 0.15) is 18.9 Å². The minimum absolute atomic E-state index is 0.136. The molecule has 0 radical (unpaired) electrons. The minimum atomic E-state index is -1.13. The van der Waals surface area contributed by atoms with E-state index in [1.807, 2.05) is 11.5 Å². The summed E-state index contributed by atoms with van der Waals surface area (Å²) in [4.78, 5) is 34.7. The van der Waals surface area contributed by atoms with Gasteiger partial charge in [-0.2, -0.15) is 5.01 Å². The second-order valence-electron chi connectivity index (χ2n) is 5.05. The van der Waals surface area contributed by atoms with Crippen molar-refractivity contribution in [3.63, 3.8) is 0 Å². The van der Waals surface area contributed by atoms with Gasteiger partial charge in [0.25, 0.3) is 5.91 Å². The number of nitrogens with one attached hydrogen (secondary N) is 2. The highest BCUT2D eigenvalue weighted by molar-refractivity contribution is 6.07. The predicted octanol–water partition coefficient (Wildman–Crippen LogP) is 0.219. The number of benzene rings is 1. The van der Waals surface area contributed by atoms with E-state index in [4.69, 9.17) is 5.73 Å². The second-order valence-corrected chi connectivity index (χ2v) is 5.05. The predicted molar refractivity (Wildman–Crippen MR) is 72.9 cm³/mol. The van der Waals surface area contributed by atoms with Crippen LogP contribution in [0.25, 0.3) is 0 Å². The van der Waals surface area contributed by atoms with Crippen LogP contribution in [-0.4, -0.2) is 33.6 Å². The van der Waals surface area contributed by atoms with Gasteiger partial charge in [0, 0.05) is 0 Å². The van der Waals surface area contributed by atoms with E-state index >= 15 is 0 Å². The molecular weight excluding hydrogens is 276 g/mol. The molecule has 2 rings (SSSR count). The molecule has 0 saturated carbocycles. The molecule has 1 aromatic rings. The number of primary amides is 1. The van der Waals surface area contributed by atoms with Gasteiger partial charge >= 0.3 is 12.1 Å². The number of phenols is 1. The number of rotatable bonds is 4. The number of hydrazine groups is 1. The van der Waals surface area contributed by atoms with Gasteiger partial charge in [0.1, 0.15) is 11.3 Å². The fourth-order valence-corrected chi connectivity index (χ4v) is 2.17. The van der Waals surface area contributed by atoms with E-state index in [-0.39, 0.29) is 5.75 Å². The molecule has 8 heteroatoms. The lowest BCUT2D eigenvalue weighted by Crippen LogP contribution is -2.50. The van der Waals surface area contributed by atoms with Crippen molar-refractivity contribution in [3.8, 4) is 5.75 Å². The summed E-state index contributed by atoms with van der Waals surface area (Å²) in [5.74, 6) is -0.442. The lowest BCUT2D eigenvalue weighted by atomic mass is 9.93. The molecular formula is C13H16N4O4. The molecule has 0 aromatic heterocycles. The highest BCUT2D eigenvalue weighted by Gasteiger charge is 2.48. The van der Waals surface area contributed by atoms with Gasteiger partial charge in [-0.1, -0.05) is 12.1 Å². The minimum Gasteiger partial charge on any atom is -0.508 e. The number of nitrogens with two attached hydrogens (primary N) is 1. The first kappa shape index (κ1) is 14.6. The molecule has 1 fully saturated rings. The summed E-state index contributed by atoms with van der Waals surface area (Å²) >= 11 is 0. The molecule has 0 spiro atoms. The van der Waals surface area contributed by atoms with Crippen molar-refractivity contribution >= 4 is 18.0 Å². The van der Waals surface area contributed by atoms with Crippen LogP contribution in [0.4, 0.5) is 9.59 Å². The first-order chi connectivity index (χ1) is 9.82. The summed E-state index contributed by atoms with van der Waals surface area (Å²) in [6.07, 6.45) is 0.791. The Kier molecular flexibility index (Phi) is 3.70. The molecule has 1 aliphatic rings. The summed E-state index contributed by atoms with van der Waals surface area (Å²) in [6.45, 7) is 1.57. The number of imide groups is 1. The Hall–Kier alpha value is -2.77. The summed E-state index contributed by atoms with van der Waals surface area (Å²) < 4.78 is 0. The Labute approximate surface area is 120 Å². The molecule has 112 valence electrons. The topological polar surface area (TPSA) is 125 Å². The monoisotopic (exact) mass is 292 g/mol. The smallest absolute Gasteiger partial charge is 0.344 e. The number of aryl methyl sites for hydroxylation is 1. The SMILES string of the molecule is CC1(CCc2cccc(O)c2)NC(=O)N(NC(N)=O)C1=O. The van der Waals surface area contributed by atoms with Gasteiger partial charge < -0.3 is 16.2 Å². The number of hydrogen-bond acceptors (Lipinski definition) is 4. The van der Waals surface area contributed by atoms with Crippen molar-refractivity contribution in [3.05, 3.63) is 29.8 Å². The number of hydrogen-bond donors (Lipinski definition) is 4. The van der Waals surface area contributed by atoms with Gasteiger partial charge in [-0.3, -0.25) is 4.79 Å². The third-order valence-electron chi connectivity index (χ3n) is 3.31. The Morgan fingerprint density at radius 1 is 1.48 bits per heavy atom. The molecule has 8 nitrogen and oxygen atoms in total. The second kappa shape index (κ2) is 5.31. The first-order valence-corrected chi connectivity index (χ1v) is 6.32. The van der Waals surface area contributed by atoms with E-state index in [0.29, 0.717) is 17.9 Å². The van der Waals surface area contributed by atoms with Gasteiger partial charge in [-0.25, -0.2) is 15.0 Å². The van der Waals surface area contributed by atoms with E-state index in [2.05, 4.69) is 5.32 Å². The quantitative estimate of drug-likeness (QED) is 0.592. The number of carbonyl (C=O) groups excluding carboxylic acids is 3. The molecule has 1 saturated heterocycles. The van der Waals surface area contributed by atoms with Crippen LogP contribution < -0.4 is 16.5 Å². The van der Waals surface area contributed by atoms with Gasteiger partial charge in [-0.05, 0) is 37.5 Å². The summed E-state index contributed by atoms with van der Waals surface area (Å²) in [7, 11) is 0. The van der Waals surface area contributed by atoms with Crippen LogP contribution >= 0.6 is 0 Å². The maximum atomic E-state index is 12.2. The van der Waals surface area contributed by atoms with E-state index in [1.54, 1.807) is 25.1 Å². The third-order valence-corrected chi connectivity index (χ3v) is 3.31. The molecule has 5 amide bonds. The highest BCUT2D eigenvalue weighted by atomic mass is 16.3. The summed E-state index contributed by atoms with van der Waals surface area (Å²) in [5, 5.41) is 12.5. The van der Waals surface area contributed by atoms with Crippen LogP contribution in [0, 0.1) is 0 Å². The molecule has 1 unspecified atom stereocenters. The standard InChI is InChI=1S/C13H16N4O4/c1-13(6-5-8-3-2-4-9(18)7-8)10(19)17(12(21)15-13)16-11(14)20/h2-4,7,18H,5-6H2,1H3,(H,15,21)(H3,14,16,20). The maximum Gasteiger partial charge on any atom is 0.344 e. The Bertz CT molecular complexity index is 604. The highest BCUT2D eigenvalue weighted by Crippen LogP contribution is 2.23. The van der Waals surface area contributed by atoms with E-state index in [0.717, 1.165) is 5.56 Å². The third kappa shape index (κ3) is 3.04. The molecule has 5 N–H and O–H groups in total. The molecule has 0 bridgehead atoms. The average Bonchev–Trinajstić information content (AvgIpc) is 2.61. The van der Waals surface area contributed by atoms with Crippen molar-refractivity contribution in [2.45, 2.75) is 25.3 Å². The normalized spacial score (nSPS) is 21.3. The number of phenolic OH excluding ortho intramolecular Hbond substituents is 1. The molecule has 0 aliphatic carbocycles. The summed E-state index contributed by atoms with van der Waals surface area (Å²) in [5.41, 5.74) is 6.59. The number of nitrogens with zero attached hydrogens (tertiary/aromatic N) is 1.